The van der Waals surface area contributed by atoms with Crippen molar-refractivity contribution < 1.29 is 27.6 Å². The van der Waals surface area contributed by atoms with E-state index in [9.17, 15) is 28.5 Å². The highest BCUT2D eigenvalue weighted by Crippen LogP contribution is 2.39. The highest BCUT2D eigenvalue weighted by Gasteiger charge is 2.41. The zero-order valence-corrected chi connectivity index (χ0v) is 13.0. The van der Waals surface area contributed by atoms with E-state index in [2.05, 4.69) is 0 Å². The van der Waals surface area contributed by atoms with Crippen molar-refractivity contribution in [3.05, 3.63) is 45.8 Å². The third kappa shape index (κ3) is 3.59. The van der Waals surface area contributed by atoms with Gasteiger partial charge in [0, 0.05) is 12.1 Å². The zero-order chi connectivity index (χ0) is 18.2. The first-order valence-corrected chi connectivity index (χ1v) is 7.79. The SMILES string of the molecule is O=[N+]([O-])c1cc2c(OC3CCC(C(F)(F)F)CC3)cccc2[n+]([O-])c1. The molecule has 0 spiro atoms. The number of rotatable bonds is 3. The molecule has 134 valence electrons. The summed E-state index contributed by atoms with van der Waals surface area (Å²) in [5.41, 5.74) is -0.175. The molecule has 9 heteroatoms. The average Bonchev–Trinajstić information content (AvgIpc) is 2.55. The number of hydrogen-bond donors (Lipinski definition) is 0. The predicted octanol–water partition coefficient (Wildman–Crippen LogP) is 3.88. The second-order valence-electron chi connectivity index (χ2n) is 6.10. The van der Waals surface area contributed by atoms with Crippen LogP contribution >= 0.6 is 0 Å². The van der Waals surface area contributed by atoms with Gasteiger partial charge in [0.15, 0.2) is 0 Å². The first-order valence-electron chi connectivity index (χ1n) is 7.79. The van der Waals surface area contributed by atoms with Crippen LogP contribution in [0.4, 0.5) is 18.9 Å². The Hall–Kier alpha value is -2.58. The van der Waals surface area contributed by atoms with Crippen LogP contribution in [0.2, 0.25) is 0 Å². The smallest absolute Gasteiger partial charge is 0.391 e. The number of halogens is 3. The fraction of sp³-hybridized carbons (Fsp3) is 0.438. The van der Waals surface area contributed by atoms with E-state index in [0.717, 1.165) is 6.20 Å². The summed E-state index contributed by atoms with van der Waals surface area (Å²) >= 11 is 0. The van der Waals surface area contributed by atoms with Crippen molar-refractivity contribution in [1.82, 2.24) is 0 Å². The number of aromatic nitrogens is 1. The standard InChI is InChI=1S/C16H15F3N2O4/c17-16(18,19)10-4-6-12(7-5-10)25-15-3-1-2-14-13(15)8-11(21(23)24)9-20(14)22/h1-3,8-10,12H,4-7H2. The Morgan fingerprint density at radius 2 is 1.88 bits per heavy atom. The summed E-state index contributed by atoms with van der Waals surface area (Å²) in [5.74, 6) is -1.05. The number of benzene rings is 1. The van der Waals surface area contributed by atoms with E-state index in [0.29, 0.717) is 4.73 Å². The molecule has 0 saturated heterocycles. The molecular formula is C16H15F3N2O4. The van der Waals surface area contributed by atoms with E-state index < -0.39 is 23.1 Å². The lowest BCUT2D eigenvalue weighted by Gasteiger charge is -2.30. The van der Waals surface area contributed by atoms with Crippen LogP contribution in [0.1, 0.15) is 25.7 Å². The Bertz CT molecular complexity index is 802. The molecule has 6 nitrogen and oxygen atoms in total. The third-order valence-corrected chi connectivity index (χ3v) is 4.46. The number of nitrogens with zero attached hydrogens (tertiary/aromatic N) is 2. The van der Waals surface area contributed by atoms with Gasteiger partial charge in [0.2, 0.25) is 5.52 Å². The van der Waals surface area contributed by atoms with Crippen LogP contribution < -0.4 is 9.47 Å². The molecule has 0 atom stereocenters. The minimum Gasteiger partial charge on any atom is -0.618 e. The largest absolute Gasteiger partial charge is 0.618 e. The van der Waals surface area contributed by atoms with Gasteiger partial charge in [-0.2, -0.15) is 17.9 Å². The summed E-state index contributed by atoms with van der Waals surface area (Å²) in [6.07, 6.45) is -3.29. The number of ether oxygens (including phenoxy) is 1. The van der Waals surface area contributed by atoms with Gasteiger partial charge >= 0.3 is 11.9 Å². The summed E-state index contributed by atoms with van der Waals surface area (Å²) < 4.78 is 44.3. The van der Waals surface area contributed by atoms with E-state index in [1.807, 2.05) is 0 Å². The minimum absolute atomic E-state index is 0.0133. The van der Waals surface area contributed by atoms with Gasteiger partial charge in [-0.25, -0.2) is 0 Å². The second-order valence-corrected chi connectivity index (χ2v) is 6.10. The first kappa shape index (κ1) is 17.2. The summed E-state index contributed by atoms with van der Waals surface area (Å²) in [6, 6.07) is 5.86. The monoisotopic (exact) mass is 356 g/mol. The molecule has 0 bridgehead atoms. The molecule has 1 aliphatic rings. The molecule has 1 heterocycles. The Kier molecular flexibility index (Phi) is 4.40. The molecule has 0 unspecified atom stereocenters. The van der Waals surface area contributed by atoms with Crippen molar-refractivity contribution in [3.63, 3.8) is 0 Å². The lowest BCUT2D eigenvalue weighted by Crippen LogP contribution is -2.32. The van der Waals surface area contributed by atoms with Gasteiger partial charge in [-0.05, 0) is 31.7 Å². The van der Waals surface area contributed by atoms with Crippen molar-refractivity contribution in [1.29, 1.82) is 0 Å². The quantitative estimate of drug-likeness (QED) is 0.362. The van der Waals surface area contributed by atoms with E-state index >= 15 is 0 Å². The van der Waals surface area contributed by atoms with Crippen LogP contribution in [0, 0.1) is 21.2 Å². The van der Waals surface area contributed by atoms with E-state index in [1.165, 1.54) is 12.1 Å². The zero-order valence-electron chi connectivity index (χ0n) is 13.0. The van der Waals surface area contributed by atoms with Crippen LogP contribution in [0.5, 0.6) is 5.75 Å². The van der Waals surface area contributed by atoms with Crippen molar-refractivity contribution in [3.8, 4) is 5.75 Å². The van der Waals surface area contributed by atoms with E-state index in [4.69, 9.17) is 4.74 Å². The molecule has 25 heavy (non-hydrogen) atoms. The number of pyridine rings is 1. The molecule has 3 rings (SSSR count). The molecule has 1 aromatic carbocycles. The summed E-state index contributed by atoms with van der Waals surface area (Å²) in [5, 5.41) is 23.1. The Balaban J connectivity index is 1.84. The minimum atomic E-state index is -4.20. The fourth-order valence-electron chi connectivity index (χ4n) is 3.13. The van der Waals surface area contributed by atoms with Crippen LogP contribution in [-0.4, -0.2) is 17.2 Å². The van der Waals surface area contributed by atoms with Crippen molar-refractivity contribution in [2.45, 2.75) is 38.0 Å². The maximum atomic E-state index is 12.7. The molecule has 0 N–H and O–H groups in total. The van der Waals surface area contributed by atoms with Gasteiger partial charge in [0.05, 0.1) is 22.3 Å². The molecule has 1 aliphatic carbocycles. The normalized spacial score (nSPS) is 21.2. The van der Waals surface area contributed by atoms with Crippen molar-refractivity contribution in [2.24, 2.45) is 5.92 Å². The van der Waals surface area contributed by atoms with Crippen LogP contribution in [0.3, 0.4) is 0 Å². The Morgan fingerprint density at radius 1 is 1.20 bits per heavy atom. The number of nitro groups is 1. The molecule has 2 aromatic rings. The van der Waals surface area contributed by atoms with Gasteiger partial charge in [-0.1, -0.05) is 6.07 Å². The second kappa shape index (κ2) is 6.38. The molecule has 1 aromatic heterocycles. The lowest BCUT2D eigenvalue weighted by molar-refractivity contribution is -0.582. The predicted molar refractivity (Wildman–Crippen MR) is 82.0 cm³/mol. The van der Waals surface area contributed by atoms with Crippen molar-refractivity contribution in [2.75, 3.05) is 0 Å². The highest BCUT2D eigenvalue weighted by atomic mass is 19.4. The molecule has 0 amide bonds. The Labute approximate surface area is 140 Å². The van der Waals surface area contributed by atoms with Crippen LogP contribution in [0.25, 0.3) is 10.9 Å². The lowest BCUT2D eigenvalue weighted by atomic mass is 9.87. The maximum absolute atomic E-state index is 12.7. The highest BCUT2D eigenvalue weighted by molar-refractivity contribution is 5.84. The molecule has 1 fully saturated rings. The third-order valence-electron chi connectivity index (χ3n) is 4.46. The fourth-order valence-corrected chi connectivity index (χ4v) is 3.13. The molecular weight excluding hydrogens is 341 g/mol. The average molecular weight is 356 g/mol. The molecule has 0 radical (unpaired) electrons. The summed E-state index contributed by atoms with van der Waals surface area (Å²) in [7, 11) is 0. The van der Waals surface area contributed by atoms with Gasteiger partial charge in [0.25, 0.3) is 6.20 Å². The number of hydrogen-bond acceptors (Lipinski definition) is 4. The topological polar surface area (TPSA) is 79.3 Å². The number of fused-ring (bicyclic) bond motifs is 1. The van der Waals surface area contributed by atoms with Gasteiger partial charge in [-0.15, -0.1) is 0 Å². The molecule has 1 saturated carbocycles. The first-order chi connectivity index (χ1) is 11.8. The summed E-state index contributed by atoms with van der Waals surface area (Å²) in [4.78, 5) is 10.3. The summed E-state index contributed by atoms with van der Waals surface area (Å²) in [6.45, 7) is 0. The molecule has 0 aliphatic heterocycles. The van der Waals surface area contributed by atoms with E-state index in [-0.39, 0.29) is 48.0 Å². The Morgan fingerprint density at radius 3 is 2.48 bits per heavy atom. The van der Waals surface area contributed by atoms with Crippen LogP contribution in [-0.2, 0) is 0 Å². The maximum Gasteiger partial charge on any atom is 0.391 e. The van der Waals surface area contributed by atoms with Gasteiger partial charge in [0.1, 0.15) is 5.75 Å². The van der Waals surface area contributed by atoms with Crippen molar-refractivity contribution >= 4 is 16.6 Å². The van der Waals surface area contributed by atoms with Gasteiger partial charge < -0.3 is 9.94 Å². The van der Waals surface area contributed by atoms with Gasteiger partial charge in [-0.3, -0.25) is 10.1 Å². The number of alkyl halides is 3. The van der Waals surface area contributed by atoms with E-state index in [1.54, 1.807) is 12.1 Å². The van der Waals surface area contributed by atoms with Crippen LogP contribution in [0.15, 0.2) is 30.5 Å².